The van der Waals surface area contributed by atoms with Gasteiger partial charge in [-0.25, -0.2) is 17.2 Å². The molecule has 1 saturated heterocycles. The highest BCUT2D eigenvalue weighted by Crippen LogP contribution is 2.38. The second-order valence-electron chi connectivity index (χ2n) is 9.37. The molecule has 0 N–H and O–H groups in total. The van der Waals surface area contributed by atoms with Crippen molar-refractivity contribution in [3.8, 4) is 0 Å². The van der Waals surface area contributed by atoms with E-state index in [0.29, 0.717) is 44.6 Å². The molecule has 1 aliphatic carbocycles. The summed E-state index contributed by atoms with van der Waals surface area (Å²) in [5, 5.41) is 0. The third kappa shape index (κ3) is 5.75. The molecule has 2 fully saturated rings. The van der Waals surface area contributed by atoms with Crippen molar-refractivity contribution in [1.82, 2.24) is 9.21 Å². The zero-order valence-electron chi connectivity index (χ0n) is 19.3. The molecule has 1 aliphatic heterocycles. The molecule has 0 atom stereocenters. The van der Waals surface area contributed by atoms with Crippen molar-refractivity contribution in [3.05, 3.63) is 34.9 Å². The maximum absolute atomic E-state index is 14.3. The molecular weight excluding hydrogens is 434 g/mol. The number of sulfonamides is 1. The van der Waals surface area contributed by atoms with Crippen LogP contribution in [0.1, 0.15) is 80.6 Å². The van der Waals surface area contributed by atoms with Crippen molar-refractivity contribution in [3.63, 3.8) is 0 Å². The predicted octanol–water partition coefficient (Wildman–Crippen LogP) is 4.69. The van der Waals surface area contributed by atoms with E-state index in [9.17, 15) is 22.0 Å². The number of hydrogen-bond acceptors (Lipinski definition) is 4. The van der Waals surface area contributed by atoms with Gasteiger partial charge in [0.05, 0.1) is 11.3 Å². The summed E-state index contributed by atoms with van der Waals surface area (Å²) in [5.74, 6) is -1.91. The Labute approximate surface area is 191 Å². The monoisotopic (exact) mass is 470 g/mol. The zero-order valence-corrected chi connectivity index (χ0v) is 20.2. The van der Waals surface area contributed by atoms with Crippen molar-refractivity contribution in [2.75, 3.05) is 31.9 Å². The zero-order chi connectivity index (χ0) is 23.4. The van der Waals surface area contributed by atoms with E-state index in [4.69, 9.17) is 0 Å². The number of halogens is 2. The lowest BCUT2D eigenvalue weighted by molar-refractivity contribution is 0.0319. The minimum atomic E-state index is -3.22. The molecule has 0 spiro atoms. The van der Waals surface area contributed by atoms with Gasteiger partial charge in [-0.2, -0.15) is 4.31 Å². The maximum Gasteiger partial charge on any atom is 0.214 e. The number of nitrogens with zero attached hydrogens (tertiary/aromatic N) is 2. The van der Waals surface area contributed by atoms with Crippen LogP contribution in [0.15, 0.2) is 12.1 Å². The van der Waals surface area contributed by atoms with E-state index >= 15 is 0 Å². The number of ketones is 1. The fourth-order valence-electron chi connectivity index (χ4n) is 5.38. The lowest BCUT2D eigenvalue weighted by Gasteiger charge is -2.48. The van der Waals surface area contributed by atoms with Crippen LogP contribution >= 0.6 is 0 Å². The van der Waals surface area contributed by atoms with Gasteiger partial charge in [0, 0.05) is 38.1 Å². The van der Waals surface area contributed by atoms with Gasteiger partial charge in [-0.3, -0.25) is 9.69 Å². The molecular formula is C24H36F2N2O3S. The second kappa shape index (κ2) is 10.7. The summed E-state index contributed by atoms with van der Waals surface area (Å²) in [6.45, 7) is 5.64. The normalized spacial score (nSPS) is 20.8. The molecule has 3 rings (SSSR count). The third-order valence-corrected chi connectivity index (χ3v) is 9.16. The molecule has 8 heteroatoms. The Morgan fingerprint density at radius 2 is 1.56 bits per heavy atom. The lowest BCUT2D eigenvalue weighted by Crippen LogP contribution is -2.58. The molecule has 1 aromatic carbocycles. The Kier molecular flexibility index (Phi) is 8.44. The average Bonchev–Trinajstić information content (AvgIpc) is 2.98. The summed E-state index contributed by atoms with van der Waals surface area (Å²) in [7, 11) is -3.22. The highest BCUT2D eigenvalue weighted by Gasteiger charge is 2.40. The van der Waals surface area contributed by atoms with Crippen molar-refractivity contribution in [1.29, 1.82) is 0 Å². The Hall–Kier alpha value is -1.38. The number of carbonyl (C=O) groups excluding carboxylic acids is 1. The number of piperazine rings is 1. The predicted molar refractivity (Wildman–Crippen MR) is 122 cm³/mol. The van der Waals surface area contributed by atoms with Crippen LogP contribution < -0.4 is 0 Å². The first-order chi connectivity index (χ1) is 15.2. The molecule has 1 saturated carbocycles. The Balaban J connectivity index is 1.73. The molecule has 180 valence electrons. The van der Waals surface area contributed by atoms with Gasteiger partial charge in [0.15, 0.2) is 5.78 Å². The molecule has 0 radical (unpaired) electrons. The summed E-state index contributed by atoms with van der Waals surface area (Å²) in [4.78, 5) is 15.2. The van der Waals surface area contributed by atoms with E-state index < -0.39 is 33.0 Å². The van der Waals surface area contributed by atoms with Gasteiger partial charge < -0.3 is 0 Å². The fraction of sp³-hybridized carbons (Fsp3) is 0.708. The summed E-state index contributed by atoms with van der Waals surface area (Å²) < 4.78 is 55.1. The number of rotatable bonds is 8. The van der Waals surface area contributed by atoms with E-state index in [1.54, 1.807) is 11.2 Å². The molecule has 0 unspecified atom stereocenters. The van der Waals surface area contributed by atoms with Crippen molar-refractivity contribution in [2.24, 2.45) is 0 Å². The van der Waals surface area contributed by atoms with Crippen LogP contribution in [0.3, 0.4) is 0 Å². The van der Waals surface area contributed by atoms with Gasteiger partial charge in [0.2, 0.25) is 10.0 Å². The molecule has 5 nitrogen and oxygen atoms in total. The fourth-order valence-corrected chi connectivity index (χ4v) is 6.87. The Morgan fingerprint density at radius 3 is 2.09 bits per heavy atom. The van der Waals surface area contributed by atoms with Crippen LogP contribution in [0.2, 0.25) is 0 Å². The molecule has 2 aliphatic rings. The lowest BCUT2D eigenvalue weighted by atomic mass is 9.82. The molecule has 32 heavy (non-hydrogen) atoms. The first kappa shape index (κ1) is 25.2. The standard InChI is InChI=1S/C24H36F2N2O3S/c1-3-16-32(30,31)28-14-12-27(13-15-28)24(9-6-4-5-7-10-24)11-8-22(29)23-20(25)17-19(2)18-21(23)26/h17-18H,3-16H2,1-2H3. The van der Waals surface area contributed by atoms with Crippen molar-refractivity contribution < 1.29 is 22.0 Å². The summed E-state index contributed by atoms with van der Waals surface area (Å²) in [6, 6.07) is 2.40. The Morgan fingerprint density at radius 1 is 1.00 bits per heavy atom. The smallest absolute Gasteiger partial charge is 0.214 e. The molecule has 1 aromatic rings. The minimum Gasteiger partial charge on any atom is -0.295 e. The van der Waals surface area contributed by atoms with Gasteiger partial charge in [-0.1, -0.05) is 32.6 Å². The quantitative estimate of drug-likeness (QED) is 0.409. The summed E-state index contributed by atoms with van der Waals surface area (Å²) in [6.07, 6.45) is 7.48. The third-order valence-electron chi connectivity index (χ3n) is 7.08. The number of hydrogen-bond donors (Lipinski definition) is 0. The average molecular weight is 471 g/mol. The maximum atomic E-state index is 14.3. The van der Waals surface area contributed by atoms with Crippen molar-refractivity contribution in [2.45, 2.75) is 77.2 Å². The molecule has 0 aromatic heterocycles. The van der Waals surface area contributed by atoms with E-state index in [1.807, 2.05) is 6.92 Å². The van der Waals surface area contributed by atoms with Gasteiger partial charge in [0.1, 0.15) is 11.6 Å². The van der Waals surface area contributed by atoms with E-state index in [2.05, 4.69) is 4.90 Å². The highest BCUT2D eigenvalue weighted by atomic mass is 32.2. The van der Waals surface area contributed by atoms with E-state index in [1.165, 1.54) is 12.1 Å². The summed E-state index contributed by atoms with van der Waals surface area (Å²) in [5.41, 5.74) is -0.202. The van der Waals surface area contributed by atoms with Crippen LogP contribution in [0.4, 0.5) is 8.78 Å². The Bertz CT molecular complexity index is 881. The van der Waals surface area contributed by atoms with Crippen molar-refractivity contribution >= 4 is 15.8 Å². The van der Waals surface area contributed by atoms with Gasteiger partial charge in [-0.05, 0) is 50.3 Å². The van der Waals surface area contributed by atoms with Crippen LogP contribution in [0.25, 0.3) is 0 Å². The van der Waals surface area contributed by atoms with Gasteiger partial charge in [0.25, 0.3) is 0 Å². The summed E-state index contributed by atoms with van der Waals surface area (Å²) >= 11 is 0. The van der Waals surface area contributed by atoms with Crippen LogP contribution in [0.5, 0.6) is 0 Å². The van der Waals surface area contributed by atoms with Crippen LogP contribution in [-0.2, 0) is 10.0 Å². The minimum absolute atomic E-state index is 0.0885. The van der Waals surface area contributed by atoms with E-state index in [-0.39, 0.29) is 17.7 Å². The second-order valence-corrected chi connectivity index (χ2v) is 11.5. The van der Waals surface area contributed by atoms with Gasteiger partial charge in [-0.15, -0.1) is 0 Å². The number of aryl methyl sites for hydroxylation is 1. The number of Topliss-reactive ketones (excluding diaryl/α,β-unsaturated/α-hetero) is 1. The highest BCUT2D eigenvalue weighted by molar-refractivity contribution is 7.89. The first-order valence-electron chi connectivity index (χ1n) is 11.9. The topological polar surface area (TPSA) is 57.7 Å². The molecule has 1 heterocycles. The molecule has 0 bridgehead atoms. The van der Waals surface area contributed by atoms with Crippen LogP contribution in [-0.4, -0.2) is 60.9 Å². The van der Waals surface area contributed by atoms with Gasteiger partial charge >= 0.3 is 0 Å². The number of carbonyl (C=O) groups is 1. The SMILES string of the molecule is CCCS(=O)(=O)N1CCN(C2(CCC(=O)c3c(F)cc(C)cc3F)CCCCCC2)CC1. The van der Waals surface area contributed by atoms with E-state index in [0.717, 1.165) is 38.5 Å². The largest absolute Gasteiger partial charge is 0.295 e. The first-order valence-corrected chi connectivity index (χ1v) is 13.5. The van der Waals surface area contributed by atoms with Crippen LogP contribution in [0, 0.1) is 18.6 Å². The molecule has 0 amide bonds. The number of benzene rings is 1.